The third-order valence-corrected chi connectivity index (χ3v) is 2.40. The van der Waals surface area contributed by atoms with Gasteiger partial charge in [0.05, 0.1) is 19.1 Å². The van der Waals surface area contributed by atoms with Crippen LogP contribution in [-0.2, 0) is 19.1 Å². The van der Waals surface area contributed by atoms with Gasteiger partial charge in [-0.05, 0) is 12.3 Å². The first kappa shape index (κ1) is 17.4. The van der Waals surface area contributed by atoms with Gasteiger partial charge in [-0.25, -0.2) is 4.79 Å². The number of hydrogen-bond donors (Lipinski definition) is 3. The van der Waals surface area contributed by atoms with Crippen molar-refractivity contribution in [1.29, 1.82) is 0 Å². The fourth-order valence-corrected chi connectivity index (χ4v) is 1.33. The van der Waals surface area contributed by atoms with Crippen LogP contribution >= 0.6 is 0 Å². The van der Waals surface area contributed by atoms with Gasteiger partial charge in [0.25, 0.3) is 0 Å². The highest BCUT2D eigenvalue weighted by Gasteiger charge is 2.28. The minimum Gasteiger partial charge on any atom is -0.481 e. The third kappa shape index (κ3) is 6.76. The van der Waals surface area contributed by atoms with E-state index in [1.807, 2.05) is 6.92 Å². The van der Waals surface area contributed by atoms with E-state index in [9.17, 15) is 14.4 Å². The normalized spacial score (nSPS) is 13.7. The van der Waals surface area contributed by atoms with Gasteiger partial charge in [-0.15, -0.1) is 0 Å². The molecule has 0 rings (SSSR count). The fourth-order valence-electron chi connectivity index (χ4n) is 1.33. The highest BCUT2D eigenvalue weighted by atomic mass is 16.5. The molecule has 7 heteroatoms. The number of hydrogen-bond acceptors (Lipinski definition) is 5. The molecular weight excluding hydrogens is 252 g/mol. The summed E-state index contributed by atoms with van der Waals surface area (Å²) in [6, 6.07) is -2.00. The predicted octanol–water partition coefficient (Wildman–Crippen LogP) is -0.118. The lowest BCUT2D eigenvalue weighted by Gasteiger charge is -2.22. The third-order valence-electron chi connectivity index (χ3n) is 2.40. The summed E-state index contributed by atoms with van der Waals surface area (Å²) in [5.41, 5.74) is 5.42. The molecule has 4 N–H and O–H groups in total. The maximum atomic E-state index is 11.7. The van der Waals surface area contributed by atoms with Crippen molar-refractivity contribution in [2.75, 3.05) is 6.61 Å². The van der Waals surface area contributed by atoms with Gasteiger partial charge in [0, 0.05) is 0 Å². The number of carboxylic acids is 1. The largest absolute Gasteiger partial charge is 0.481 e. The van der Waals surface area contributed by atoms with E-state index in [4.69, 9.17) is 15.6 Å². The lowest BCUT2D eigenvalue weighted by molar-refractivity contribution is -0.149. The Morgan fingerprint density at radius 2 is 1.89 bits per heavy atom. The Morgan fingerprint density at radius 3 is 2.32 bits per heavy atom. The number of ether oxygens (including phenoxy) is 1. The maximum absolute atomic E-state index is 11.7. The van der Waals surface area contributed by atoms with Crippen LogP contribution in [0, 0.1) is 5.92 Å². The minimum atomic E-state index is -1.18. The van der Waals surface area contributed by atoms with E-state index in [1.54, 1.807) is 13.8 Å². The van der Waals surface area contributed by atoms with Gasteiger partial charge in [0.2, 0.25) is 5.91 Å². The molecule has 0 radical (unpaired) electrons. The minimum absolute atomic E-state index is 0.176. The van der Waals surface area contributed by atoms with E-state index in [2.05, 4.69) is 5.32 Å². The van der Waals surface area contributed by atoms with Crippen molar-refractivity contribution in [2.45, 2.75) is 45.7 Å². The average molecular weight is 274 g/mol. The Labute approximate surface area is 112 Å². The van der Waals surface area contributed by atoms with E-state index in [0.717, 1.165) is 0 Å². The first-order valence-corrected chi connectivity index (χ1v) is 6.24. The molecule has 110 valence electrons. The van der Waals surface area contributed by atoms with Gasteiger partial charge in [0.15, 0.2) is 0 Å². The second kappa shape index (κ2) is 8.47. The molecule has 0 aromatic rings. The summed E-state index contributed by atoms with van der Waals surface area (Å²) >= 11 is 0. The smallest absolute Gasteiger partial charge is 0.328 e. The number of nitrogens with one attached hydrogen (secondary N) is 1. The molecule has 7 nitrogen and oxygen atoms in total. The summed E-state index contributed by atoms with van der Waals surface area (Å²) in [5.74, 6) is -2.55. The van der Waals surface area contributed by atoms with E-state index < -0.39 is 36.4 Å². The van der Waals surface area contributed by atoms with Crippen LogP contribution in [0.25, 0.3) is 0 Å². The molecule has 0 heterocycles. The van der Waals surface area contributed by atoms with Crippen molar-refractivity contribution in [3.05, 3.63) is 0 Å². The summed E-state index contributed by atoms with van der Waals surface area (Å²) in [6.45, 7) is 5.64. The molecule has 0 aliphatic rings. The first-order valence-electron chi connectivity index (χ1n) is 6.24. The zero-order valence-corrected chi connectivity index (χ0v) is 11.5. The van der Waals surface area contributed by atoms with Crippen molar-refractivity contribution < 1.29 is 24.2 Å². The molecule has 0 saturated carbocycles. The van der Waals surface area contributed by atoms with Gasteiger partial charge in [-0.3, -0.25) is 9.59 Å². The van der Waals surface area contributed by atoms with E-state index in [1.165, 1.54) is 0 Å². The Kier molecular flexibility index (Phi) is 7.74. The van der Waals surface area contributed by atoms with Crippen molar-refractivity contribution in [2.24, 2.45) is 11.7 Å². The Hall–Kier alpha value is -1.63. The Morgan fingerprint density at radius 1 is 1.32 bits per heavy atom. The van der Waals surface area contributed by atoms with E-state index >= 15 is 0 Å². The molecular formula is C12H22N2O5. The van der Waals surface area contributed by atoms with Crippen LogP contribution < -0.4 is 11.1 Å². The quantitative estimate of drug-likeness (QED) is 0.531. The zero-order valence-electron chi connectivity index (χ0n) is 11.5. The molecule has 2 atom stereocenters. The average Bonchev–Trinajstić information content (AvgIpc) is 2.31. The topological polar surface area (TPSA) is 119 Å². The molecule has 0 aliphatic carbocycles. The number of carbonyl (C=O) groups excluding carboxylic acids is 2. The van der Waals surface area contributed by atoms with Crippen LogP contribution in [0.2, 0.25) is 0 Å². The molecule has 0 bridgehead atoms. The number of rotatable bonds is 8. The van der Waals surface area contributed by atoms with Gasteiger partial charge < -0.3 is 20.9 Å². The summed E-state index contributed by atoms with van der Waals surface area (Å²) < 4.78 is 4.97. The molecule has 0 aromatic carbocycles. The maximum Gasteiger partial charge on any atom is 0.328 e. The van der Waals surface area contributed by atoms with Crippen molar-refractivity contribution in [3.8, 4) is 0 Å². The summed E-state index contributed by atoms with van der Waals surface area (Å²) in [4.78, 5) is 33.9. The van der Waals surface area contributed by atoms with Gasteiger partial charge >= 0.3 is 11.9 Å². The van der Waals surface area contributed by atoms with Crippen LogP contribution in [0.4, 0.5) is 0 Å². The molecule has 0 spiro atoms. The second-order valence-electron chi connectivity index (χ2n) is 4.60. The predicted molar refractivity (Wildman–Crippen MR) is 68.2 cm³/mol. The molecule has 0 aromatic heterocycles. The SMILES string of the molecule is CCCOC(=O)[C@@H](NC(=O)[C@@H](N)CC(=O)O)C(C)C. The summed E-state index contributed by atoms with van der Waals surface area (Å²) in [6.07, 6.45) is 0.198. The first-order chi connectivity index (χ1) is 8.79. The standard InChI is InChI=1S/C12H22N2O5/c1-4-5-19-12(18)10(7(2)3)14-11(17)8(13)6-9(15)16/h7-8,10H,4-6,13H2,1-3H3,(H,14,17)(H,15,16)/t8-,10-/m0/s1. The highest BCUT2D eigenvalue weighted by molar-refractivity contribution is 5.89. The number of nitrogens with two attached hydrogens (primary N) is 1. The van der Waals surface area contributed by atoms with Gasteiger partial charge in [-0.1, -0.05) is 20.8 Å². The van der Waals surface area contributed by atoms with Crippen LogP contribution in [0.3, 0.4) is 0 Å². The molecule has 19 heavy (non-hydrogen) atoms. The van der Waals surface area contributed by atoms with E-state index in [-0.39, 0.29) is 12.5 Å². The summed E-state index contributed by atoms with van der Waals surface area (Å²) in [7, 11) is 0. The molecule has 0 aliphatic heterocycles. The molecule has 1 amide bonds. The number of aliphatic carboxylic acids is 1. The van der Waals surface area contributed by atoms with E-state index in [0.29, 0.717) is 6.42 Å². The van der Waals surface area contributed by atoms with Gasteiger partial charge in [-0.2, -0.15) is 0 Å². The fraction of sp³-hybridized carbons (Fsp3) is 0.750. The Bertz CT molecular complexity index is 330. The zero-order chi connectivity index (χ0) is 15.0. The van der Waals surface area contributed by atoms with Crippen LogP contribution in [0.5, 0.6) is 0 Å². The van der Waals surface area contributed by atoms with Crippen LogP contribution in [-0.4, -0.2) is 41.6 Å². The monoisotopic (exact) mass is 274 g/mol. The lowest BCUT2D eigenvalue weighted by atomic mass is 10.0. The number of carboxylic acid groups (broad SMARTS) is 1. The van der Waals surface area contributed by atoms with Crippen molar-refractivity contribution in [1.82, 2.24) is 5.32 Å². The van der Waals surface area contributed by atoms with Crippen molar-refractivity contribution in [3.63, 3.8) is 0 Å². The van der Waals surface area contributed by atoms with Gasteiger partial charge in [0.1, 0.15) is 6.04 Å². The van der Waals surface area contributed by atoms with Crippen LogP contribution in [0.15, 0.2) is 0 Å². The molecule has 0 unspecified atom stereocenters. The number of esters is 1. The second-order valence-corrected chi connectivity index (χ2v) is 4.60. The summed E-state index contributed by atoms with van der Waals surface area (Å²) in [5, 5.41) is 11.0. The lowest BCUT2D eigenvalue weighted by Crippen LogP contribution is -2.51. The highest BCUT2D eigenvalue weighted by Crippen LogP contribution is 2.05. The molecule has 0 saturated heterocycles. The number of amides is 1. The number of carbonyl (C=O) groups is 3. The van der Waals surface area contributed by atoms with Crippen LogP contribution in [0.1, 0.15) is 33.6 Å². The Balaban J connectivity index is 4.53. The van der Waals surface area contributed by atoms with Crippen molar-refractivity contribution >= 4 is 17.8 Å². The molecule has 0 fully saturated rings.